The van der Waals surface area contributed by atoms with Crippen molar-refractivity contribution >= 4 is 12.9 Å². The van der Waals surface area contributed by atoms with E-state index in [1.54, 1.807) is 0 Å². The number of hydrogen-bond acceptors (Lipinski definition) is 2. The maximum absolute atomic E-state index is 12.1. The summed E-state index contributed by atoms with van der Waals surface area (Å²) >= 11 is 0. The van der Waals surface area contributed by atoms with Gasteiger partial charge < -0.3 is 4.81 Å². The quantitative estimate of drug-likeness (QED) is 0.433. The fourth-order valence-electron chi connectivity index (χ4n) is 0.849. The van der Waals surface area contributed by atoms with Crippen LogP contribution in [0.5, 0.6) is 0 Å². The van der Waals surface area contributed by atoms with Gasteiger partial charge in [-0.25, -0.2) is 0 Å². The molecule has 0 spiro atoms. The first-order valence-corrected chi connectivity index (χ1v) is 3.35. The van der Waals surface area contributed by atoms with Crippen molar-refractivity contribution in [1.29, 1.82) is 0 Å². The van der Waals surface area contributed by atoms with E-state index < -0.39 is 11.7 Å². The molecule has 1 radical (unpaired) electrons. The molecule has 0 saturated carbocycles. The van der Waals surface area contributed by atoms with Gasteiger partial charge in [-0.3, -0.25) is 5.26 Å². The molecule has 0 unspecified atom stereocenters. The van der Waals surface area contributed by atoms with E-state index in [-0.39, 0.29) is 5.46 Å². The van der Waals surface area contributed by atoms with Crippen LogP contribution in [0, 0.1) is 0 Å². The largest absolute Gasteiger partial charge is 0.416 e. The van der Waals surface area contributed by atoms with Crippen LogP contribution in [0.4, 0.5) is 13.2 Å². The topological polar surface area (TPSA) is 29.5 Å². The Hall–Kier alpha value is -1.01. The molecule has 1 N–H and O–H groups in total. The molecule has 69 valence electrons. The number of halogens is 3. The normalized spacial score (nSPS) is 11.4. The van der Waals surface area contributed by atoms with Crippen LogP contribution in [0.1, 0.15) is 5.56 Å². The number of rotatable bonds is 2. The molecule has 0 atom stereocenters. The second kappa shape index (κ2) is 3.80. The molecule has 0 saturated heterocycles. The van der Waals surface area contributed by atoms with Crippen LogP contribution in [0.2, 0.25) is 0 Å². The van der Waals surface area contributed by atoms with Crippen molar-refractivity contribution in [3.8, 4) is 0 Å². The number of hydrogen-bond donors (Lipinski definition) is 1. The van der Waals surface area contributed by atoms with Gasteiger partial charge in [0.05, 0.1) is 5.56 Å². The maximum Gasteiger partial charge on any atom is 0.416 e. The van der Waals surface area contributed by atoms with Crippen LogP contribution in [-0.4, -0.2) is 12.7 Å². The Morgan fingerprint density at radius 1 is 1.31 bits per heavy atom. The summed E-state index contributed by atoms with van der Waals surface area (Å²) in [6, 6.07) is 4.42. The highest BCUT2D eigenvalue weighted by Gasteiger charge is 2.30. The molecule has 6 heteroatoms. The molecule has 0 aliphatic heterocycles. The minimum atomic E-state index is -4.38. The summed E-state index contributed by atoms with van der Waals surface area (Å²) in [7, 11) is 0.815. The van der Waals surface area contributed by atoms with Gasteiger partial charge in [-0.1, -0.05) is 24.3 Å². The number of benzene rings is 1. The molecule has 0 amide bonds. The van der Waals surface area contributed by atoms with Crippen LogP contribution in [0.3, 0.4) is 0 Å². The average Bonchev–Trinajstić information content (AvgIpc) is 2.04. The van der Waals surface area contributed by atoms with E-state index in [2.05, 4.69) is 4.81 Å². The fourth-order valence-corrected chi connectivity index (χ4v) is 0.849. The zero-order valence-corrected chi connectivity index (χ0v) is 6.38. The van der Waals surface area contributed by atoms with Crippen molar-refractivity contribution in [1.82, 2.24) is 0 Å². The molecule has 0 fully saturated rings. The second-order valence-corrected chi connectivity index (χ2v) is 2.35. The smallest absolute Gasteiger partial charge is 0.307 e. The lowest BCUT2D eigenvalue weighted by atomic mass is 9.87. The van der Waals surface area contributed by atoms with Gasteiger partial charge in [0.1, 0.15) is 0 Å². The van der Waals surface area contributed by atoms with Gasteiger partial charge >= 0.3 is 13.7 Å². The predicted octanol–water partition coefficient (Wildman–Crippen LogP) is 1.44. The predicted molar refractivity (Wildman–Crippen MR) is 40.5 cm³/mol. The third-order valence-electron chi connectivity index (χ3n) is 1.40. The third kappa shape index (κ3) is 2.75. The van der Waals surface area contributed by atoms with Crippen molar-refractivity contribution in [2.24, 2.45) is 0 Å². The lowest BCUT2D eigenvalue weighted by Gasteiger charge is -2.06. The Kier molecular flexibility index (Phi) is 2.95. The van der Waals surface area contributed by atoms with Gasteiger partial charge in [0.2, 0.25) is 0 Å². The zero-order chi connectivity index (χ0) is 9.90. The average molecular weight is 189 g/mol. The number of alkyl halides is 3. The summed E-state index contributed by atoms with van der Waals surface area (Å²) in [6.07, 6.45) is -4.38. The van der Waals surface area contributed by atoms with Gasteiger partial charge in [0, 0.05) is 0 Å². The summed E-state index contributed by atoms with van der Waals surface area (Å²) in [5, 5.41) is 7.98. The molecule has 1 rings (SSSR count). The maximum atomic E-state index is 12.1. The Morgan fingerprint density at radius 2 is 2.00 bits per heavy atom. The van der Waals surface area contributed by atoms with Crippen molar-refractivity contribution in [3.63, 3.8) is 0 Å². The lowest BCUT2D eigenvalue weighted by Crippen LogP contribution is -2.18. The molecule has 0 aromatic heterocycles. The molecule has 0 bridgehead atoms. The van der Waals surface area contributed by atoms with E-state index in [0.717, 1.165) is 19.6 Å². The van der Waals surface area contributed by atoms with Crippen molar-refractivity contribution < 1.29 is 23.2 Å². The van der Waals surface area contributed by atoms with E-state index in [0.29, 0.717) is 0 Å². The van der Waals surface area contributed by atoms with Gasteiger partial charge in [-0.2, -0.15) is 13.2 Å². The van der Waals surface area contributed by atoms with Gasteiger partial charge in [0.15, 0.2) is 0 Å². The van der Waals surface area contributed by atoms with Crippen LogP contribution in [-0.2, 0) is 11.0 Å². The highest BCUT2D eigenvalue weighted by atomic mass is 19.4. The molecule has 0 heterocycles. The van der Waals surface area contributed by atoms with E-state index in [9.17, 15) is 13.2 Å². The summed E-state index contributed by atoms with van der Waals surface area (Å²) < 4.78 is 36.3. The zero-order valence-electron chi connectivity index (χ0n) is 6.38. The summed E-state index contributed by atoms with van der Waals surface area (Å²) in [5.41, 5.74) is -0.629. The first-order valence-electron chi connectivity index (χ1n) is 3.35. The van der Waals surface area contributed by atoms with Crippen LogP contribution in [0.25, 0.3) is 0 Å². The van der Waals surface area contributed by atoms with Crippen LogP contribution < -0.4 is 5.46 Å². The monoisotopic (exact) mass is 189 g/mol. The summed E-state index contributed by atoms with van der Waals surface area (Å²) in [6.45, 7) is 0. The van der Waals surface area contributed by atoms with Gasteiger partial charge in [-0.05, 0) is 5.46 Å². The summed E-state index contributed by atoms with van der Waals surface area (Å²) in [5.74, 6) is 0. The van der Waals surface area contributed by atoms with Crippen molar-refractivity contribution in [2.75, 3.05) is 0 Å². The molecular formula is C7H5BF3O2. The van der Waals surface area contributed by atoms with Crippen molar-refractivity contribution in [2.45, 2.75) is 6.18 Å². The van der Waals surface area contributed by atoms with Gasteiger partial charge in [0.25, 0.3) is 0 Å². The lowest BCUT2D eigenvalue weighted by molar-refractivity contribution is -0.138. The highest BCUT2D eigenvalue weighted by Crippen LogP contribution is 2.27. The minimum Gasteiger partial charge on any atom is -0.307 e. The molecular weight excluding hydrogens is 184 g/mol. The molecule has 13 heavy (non-hydrogen) atoms. The molecule has 0 aliphatic rings. The first-order chi connectivity index (χ1) is 6.04. The van der Waals surface area contributed by atoms with Crippen LogP contribution >= 0.6 is 0 Å². The molecule has 0 aliphatic carbocycles. The SMILES string of the molecule is OO[B]c1cccc(C(F)(F)F)c1. The Bertz CT molecular complexity index is 287. The molecule has 1 aromatic carbocycles. The highest BCUT2D eigenvalue weighted by molar-refractivity contribution is 6.46. The molecule has 2 nitrogen and oxygen atoms in total. The van der Waals surface area contributed by atoms with E-state index in [1.165, 1.54) is 12.1 Å². The van der Waals surface area contributed by atoms with Crippen LogP contribution in [0.15, 0.2) is 24.3 Å². The fraction of sp³-hybridized carbons (Fsp3) is 0.143. The van der Waals surface area contributed by atoms with Gasteiger partial charge in [-0.15, -0.1) is 0 Å². The van der Waals surface area contributed by atoms with Crippen molar-refractivity contribution in [3.05, 3.63) is 29.8 Å². The second-order valence-electron chi connectivity index (χ2n) is 2.35. The van der Waals surface area contributed by atoms with E-state index in [1.807, 2.05) is 0 Å². The minimum absolute atomic E-state index is 0.150. The third-order valence-corrected chi connectivity index (χ3v) is 1.40. The first kappa shape index (κ1) is 10.1. The molecule has 1 aromatic rings. The van der Waals surface area contributed by atoms with E-state index >= 15 is 0 Å². The summed E-state index contributed by atoms with van der Waals surface area (Å²) in [4.78, 5) is 3.60. The Morgan fingerprint density at radius 3 is 2.54 bits per heavy atom. The van der Waals surface area contributed by atoms with E-state index in [4.69, 9.17) is 5.26 Å². The Balaban J connectivity index is 2.92. The Labute approximate surface area is 73.2 Å². The standard InChI is InChI=1S/C7H5BF3O2/c9-7(10,11)5-2-1-3-6(4-5)8-13-12/h1-4,12H.